The van der Waals surface area contributed by atoms with E-state index >= 15 is 0 Å². The fraction of sp³-hybridized carbons (Fsp3) is 0.393. The number of nitro benzene ring substituents is 1. The van der Waals surface area contributed by atoms with Crippen molar-refractivity contribution < 1.29 is 24.0 Å². The van der Waals surface area contributed by atoms with Crippen molar-refractivity contribution in [3.63, 3.8) is 0 Å². The Morgan fingerprint density at radius 3 is 2.19 bits per heavy atom. The van der Waals surface area contributed by atoms with Gasteiger partial charge in [-0.2, -0.15) is 0 Å². The van der Waals surface area contributed by atoms with Gasteiger partial charge in [0.1, 0.15) is 11.3 Å². The molecule has 4 amide bonds. The summed E-state index contributed by atoms with van der Waals surface area (Å²) in [7, 11) is 1.38. The number of hydrogen-bond acceptors (Lipinski definition) is 6. The molecule has 2 aromatic rings. The van der Waals surface area contributed by atoms with Gasteiger partial charge in [-0.1, -0.05) is 12.1 Å². The molecule has 0 unspecified atom stereocenters. The number of nitrogens with zero attached hydrogens (tertiary/aromatic N) is 2. The normalized spacial score (nSPS) is 29.5. The molecule has 9 heteroatoms. The molecule has 0 radical (unpaired) electrons. The van der Waals surface area contributed by atoms with Gasteiger partial charge in [0.25, 0.3) is 17.5 Å². The summed E-state index contributed by atoms with van der Waals surface area (Å²) in [5.74, 6) is 0.969. The van der Waals surface area contributed by atoms with Crippen LogP contribution in [0.2, 0.25) is 0 Å². The number of carbonyl (C=O) groups excluding carboxylic acids is 3. The van der Waals surface area contributed by atoms with Crippen LogP contribution in [0.4, 0.5) is 16.2 Å². The van der Waals surface area contributed by atoms with Crippen LogP contribution in [0, 0.1) is 27.9 Å². The van der Waals surface area contributed by atoms with Crippen LogP contribution in [0.3, 0.4) is 0 Å². The molecule has 9 nitrogen and oxygen atoms in total. The summed E-state index contributed by atoms with van der Waals surface area (Å²) in [4.78, 5) is 50.3. The Morgan fingerprint density at radius 2 is 1.62 bits per heavy atom. The van der Waals surface area contributed by atoms with E-state index in [1.807, 2.05) is 12.1 Å². The minimum atomic E-state index is -0.870. The molecule has 1 aliphatic heterocycles. The lowest BCUT2D eigenvalue weighted by Gasteiger charge is -2.57. The van der Waals surface area contributed by atoms with Gasteiger partial charge in [-0.25, -0.2) is 9.69 Å². The van der Waals surface area contributed by atoms with Crippen molar-refractivity contribution in [1.82, 2.24) is 5.32 Å². The minimum Gasteiger partial charge on any atom is -0.496 e. The standard InChI is InChI=1S/C28H27N3O6/c1-37-24-7-6-22(31(35)36)11-19(24)12-23-25(32)29-27(34)30(26(23)33)21-4-2-20(3-5-21)28-13-16-8-17(14-28)10-18(9-16)15-28/h2-7,11-12,16-18H,8-10,13-15H2,1H3,(H,29,32,34)/b23-12+. The number of imide groups is 2. The first-order valence-corrected chi connectivity index (χ1v) is 12.6. The molecule has 4 bridgehead atoms. The van der Waals surface area contributed by atoms with E-state index < -0.39 is 22.8 Å². The van der Waals surface area contributed by atoms with E-state index in [-0.39, 0.29) is 28.0 Å². The number of nitrogens with one attached hydrogen (secondary N) is 1. The van der Waals surface area contributed by atoms with Crippen LogP contribution in [-0.2, 0) is 15.0 Å². The van der Waals surface area contributed by atoms with Gasteiger partial charge in [0.05, 0.1) is 17.7 Å². The molecule has 5 fully saturated rings. The first-order chi connectivity index (χ1) is 17.8. The molecule has 4 saturated carbocycles. The van der Waals surface area contributed by atoms with Crippen molar-refractivity contribution in [2.24, 2.45) is 17.8 Å². The average molecular weight is 502 g/mol. The number of ether oxygens (including phenoxy) is 1. The Balaban J connectivity index is 1.31. The number of non-ortho nitro benzene ring substituents is 1. The molecular formula is C28H27N3O6. The second-order valence-electron chi connectivity index (χ2n) is 10.9. The number of rotatable bonds is 5. The van der Waals surface area contributed by atoms with Gasteiger partial charge in [-0.3, -0.25) is 25.0 Å². The van der Waals surface area contributed by atoms with E-state index in [1.54, 1.807) is 12.1 Å². The largest absolute Gasteiger partial charge is 0.496 e. The number of methoxy groups -OCH3 is 1. The maximum Gasteiger partial charge on any atom is 0.335 e. The van der Waals surface area contributed by atoms with E-state index in [4.69, 9.17) is 4.74 Å². The third kappa shape index (κ3) is 3.89. The number of urea groups is 1. The Hall–Kier alpha value is -4.01. The summed E-state index contributed by atoms with van der Waals surface area (Å²) in [6.45, 7) is 0. The highest BCUT2D eigenvalue weighted by Gasteiger charge is 2.51. The van der Waals surface area contributed by atoms with E-state index in [0.29, 0.717) is 5.69 Å². The minimum absolute atomic E-state index is 0.182. The molecule has 0 atom stereocenters. The second kappa shape index (κ2) is 8.54. The summed E-state index contributed by atoms with van der Waals surface area (Å²) in [5, 5.41) is 13.4. The predicted octanol–water partition coefficient (Wildman–Crippen LogP) is 4.74. The maximum atomic E-state index is 13.4. The van der Waals surface area contributed by atoms with Gasteiger partial charge in [0.2, 0.25) is 0 Å². The molecule has 1 saturated heterocycles. The first kappa shape index (κ1) is 23.4. The highest BCUT2D eigenvalue weighted by molar-refractivity contribution is 6.39. The molecule has 5 aliphatic rings. The Morgan fingerprint density at radius 1 is 1.00 bits per heavy atom. The summed E-state index contributed by atoms with van der Waals surface area (Å²) < 4.78 is 5.25. The van der Waals surface area contributed by atoms with Crippen molar-refractivity contribution >= 4 is 35.3 Å². The fourth-order valence-corrected chi connectivity index (χ4v) is 7.42. The maximum absolute atomic E-state index is 13.4. The molecule has 7 rings (SSSR count). The lowest BCUT2D eigenvalue weighted by molar-refractivity contribution is -0.384. The fourth-order valence-electron chi connectivity index (χ4n) is 7.42. The number of anilines is 1. The van der Waals surface area contributed by atoms with Crippen LogP contribution >= 0.6 is 0 Å². The number of benzene rings is 2. The highest BCUT2D eigenvalue weighted by atomic mass is 16.6. The molecule has 4 aliphatic carbocycles. The van der Waals surface area contributed by atoms with Gasteiger partial charge in [-0.05, 0) is 91.5 Å². The van der Waals surface area contributed by atoms with Crippen molar-refractivity contribution in [1.29, 1.82) is 0 Å². The van der Waals surface area contributed by atoms with E-state index in [1.165, 1.54) is 75.5 Å². The number of amides is 4. The second-order valence-corrected chi connectivity index (χ2v) is 10.9. The SMILES string of the molecule is COc1ccc([N+](=O)[O-])cc1/C=C1\C(=O)NC(=O)N(c2ccc(C34CC5CC(CC(C5)C3)C4)cc2)C1=O. The van der Waals surface area contributed by atoms with Crippen molar-refractivity contribution in [3.8, 4) is 5.75 Å². The van der Waals surface area contributed by atoms with Crippen LogP contribution in [0.25, 0.3) is 6.08 Å². The monoisotopic (exact) mass is 501 g/mol. The van der Waals surface area contributed by atoms with Crippen LogP contribution < -0.4 is 15.0 Å². The molecule has 0 aromatic heterocycles. The van der Waals surface area contributed by atoms with E-state index in [0.717, 1.165) is 22.7 Å². The van der Waals surface area contributed by atoms with Gasteiger partial charge >= 0.3 is 6.03 Å². The quantitative estimate of drug-likeness (QED) is 0.274. The molecule has 37 heavy (non-hydrogen) atoms. The molecule has 190 valence electrons. The summed E-state index contributed by atoms with van der Waals surface area (Å²) in [6, 6.07) is 10.6. The lowest BCUT2D eigenvalue weighted by atomic mass is 9.48. The van der Waals surface area contributed by atoms with Crippen molar-refractivity contribution in [2.75, 3.05) is 12.0 Å². The van der Waals surface area contributed by atoms with Gasteiger partial charge in [0, 0.05) is 17.7 Å². The van der Waals surface area contributed by atoms with Crippen LogP contribution in [0.1, 0.15) is 49.7 Å². The molecular weight excluding hydrogens is 474 g/mol. The number of nitro groups is 1. The smallest absolute Gasteiger partial charge is 0.335 e. The zero-order chi connectivity index (χ0) is 25.9. The van der Waals surface area contributed by atoms with Crippen LogP contribution in [-0.4, -0.2) is 29.9 Å². The Labute approximate surface area is 213 Å². The summed E-state index contributed by atoms with van der Waals surface area (Å²) in [6.07, 6.45) is 8.86. The van der Waals surface area contributed by atoms with Gasteiger partial charge in [-0.15, -0.1) is 0 Å². The highest BCUT2D eigenvalue weighted by Crippen LogP contribution is 2.60. The lowest BCUT2D eigenvalue weighted by Crippen LogP contribution is -2.54. The molecule has 2 aromatic carbocycles. The van der Waals surface area contributed by atoms with Crippen molar-refractivity contribution in [2.45, 2.75) is 43.9 Å². The van der Waals surface area contributed by atoms with Crippen LogP contribution in [0.5, 0.6) is 5.75 Å². The number of carbonyl (C=O) groups is 3. The van der Waals surface area contributed by atoms with E-state index in [9.17, 15) is 24.5 Å². The summed E-state index contributed by atoms with van der Waals surface area (Å²) >= 11 is 0. The number of hydrogen-bond donors (Lipinski definition) is 1. The molecule has 0 spiro atoms. The third-order valence-electron chi connectivity index (χ3n) is 8.60. The topological polar surface area (TPSA) is 119 Å². The third-order valence-corrected chi connectivity index (χ3v) is 8.60. The van der Waals surface area contributed by atoms with Gasteiger partial charge in [0.15, 0.2) is 0 Å². The predicted molar refractivity (Wildman–Crippen MR) is 135 cm³/mol. The molecule has 1 heterocycles. The van der Waals surface area contributed by atoms with Crippen molar-refractivity contribution in [3.05, 3.63) is 69.3 Å². The molecule has 1 N–H and O–H groups in total. The Kier molecular flexibility index (Phi) is 5.40. The first-order valence-electron chi connectivity index (χ1n) is 12.6. The zero-order valence-electron chi connectivity index (χ0n) is 20.4. The van der Waals surface area contributed by atoms with Crippen LogP contribution in [0.15, 0.2) is 48.0 Å². The summed E-state index contributed by atoms with van der Waals surface area (Å²) in [5.41, 5.74) is 1.45. The zero-order valence-corrected chi connectivity index (χ0v) is 20.4. The van der Waals surface area contributed by atoms with Gasteiger partial charge < -0.3 is 4.74 Å². The van der Waals surface area contributed by atoms with E-state index in [2.05, 4.69) is 5.32 Å². The average Bonchev–Trinajstić information content (AvgIpc) is 2.86. The Bertz CT molecular complexity index is 1330. The number of barbiturate groups is 1.